The maximum Gasteiger partial charge on any atom is 0.327 e. The third-order valence-electron chi connectivity index (χ3n) is 4.94. The van der Waals surface area contributed by atoms with Gasteiger partial charge in [-0.05, 0) is 42.8 Å². The van der Waals surface area contributed by atoms with Crippen LogP contribution in [0, 0.1) is 0 Å². The Morgan fingerprint density at radius 1 is 1.00 bits per heavy atom. The number of ketones is 1. The zero-order valence-electron chi connectivity index (χ0n) is 15.5. The van der Waals surface area contributed by atoms with E-state index in [0.29, 0.717) is 23.7 Å². The predicted octanol–water partition coefficient (Wildman–Crippen LogP) is 3.58. The van der Waals surface area contributed by atoms with E-state index in [0.717, 1.165) is 24.3 Å². The SMILES string of the molecule is COC(=O)C(c1ccccc1Cl)N1CCN(c2ccc(C(C)=O)cc2)CC1. The first kappa shape index (κ1) is 19.4. The molecule has 27 heavy (non-hydrogen) atoms. The molecule has 1 aliphatic rings. The highest BCUT2D eigenvalue weighted by Gasteiger charge is 2.32. The van der Waals surface area contributed by atoms with Crippen molar-refractivity contribution in [3.05, 3.63) is 64.7 Å². The fourth-order valence-electron chi connectivity index (χ4n) is 3.43. The molecule has 1 fully saturated rings. The number of rotatable bonds is 5. The number of piperazine rings is 1. The summed E-state index contributed by atoms with van der Waals surface area (Å²) in [6.45, 7) is 4.53. The maximum atomic E-state index is 12.4. The van der Waals surface area contributed by atoms with Crippen molar-refractivity contribution in [1.82, 2.24) is 4.90 Å². The summed E-state index contributed by atoms with van der Waals surface area (Å²) in [5.41, 5.74) is 2.55. The number of carbonyl (C=O) groups is 2. The van der Waals surface area contributed by atoms with Gasteiger partial charge in [-0.2, -0.15) is 0 Å². The molecular formula is C21H23ClN2O3. The fourth-order valence-corrected chi connectivity index (χ4v) is 3.67. The van der Waals surface area contributed by atoms with Crippen LogP contribution in [-0.4, -0.2) is 49.9 Å². The lowest BCUT2D eigenvalue weighted by Crippen LogP contribution is -2.49. The van der Waals surface area contributed by atoms with Crippen LogP contribution in [0.4, 0.5) is 5.69 Å². The van der Waals surface area contributed by atoms with E-state index in [-0.39, 0.29) is 11.8 Å². The van der Waals surface area contributed by atoms with Crippen molar-refractivity contribution >= 4 is 29.0 Å². The second kappa shape index (κ2) is 8.55. The van der Waals surface area contributed by atoms with E-state index in [4.69, 9.17) is 16.3 Å². The molecule has 6 heteroatoms. The van der Waals surface area contributed by atoms with Gasteiger partial charge in [0, 0.05) is 42.5 Å². The van der Waals surface area contributed by atoms with Gasteiger partial charge in [0.05, 0.1) is 7.11 Å². The molecule has 0 amide bonds. The summed E-state index contributed by atoms with van der Waals surface area (Å²) in [6, 6.07) is 14.5. The van der Waals surface area contributed by atoms with Crippen LogP contribution in [0.1, 0.15) is 28.9 Å². The second-order valence-electron chi connectivity index (χ2n) is 6.57. The molecule has 3 rings (SSSR count). The summed E-state index contributed by atoms with van der Waals surface area (Å²) < 4.78 is 5.04. The second-order valence-corrected chi connectivity index (χ2v) is 6.98. The standard InChI is InChI=1S/C21H23ClN2O3/c1-15(25)16-7-9-17(10-8-16)23-11-13-24(14-12-23)20(21(26)27-2)18-5-3-4-6-19(18)22/h3-10,20H,11-14H2,1-2H3. The van der Waals surface area contributed by atoms with Gasteiger partial charge in [0.25, 0.3) is 0 Å². The highest BCUT2D eigenvalue weighted by molar-refractivity contribution is 6.31. The van der Waals surface area contributed by atoms with Gasteiger partial charge in [-0.1, -0.05) is 29.8 Å². The lowest BCUT2D eigenvalue weighted by atomic mass is 10.0. The topological polar surface area (TPSA) is 49.9 Å². The fraction of sp³-hybridized carbons (Fsp3) is 0.333. The minimum absolute atomic E-state index is 0.0621. The first-order valence-corrected chi connectivity index (χ1v) is 9.31. The maximum absolute atomic E-state index is 12.4. The van der Waals surface area contributed by atoms with Crippen LogP contribution >= 0.6 is 11.6 Å². The van der Waals surface area contributed by atoms with E-state index in [1.165, 1.54) is 7.11 Å². The molecule has 142 valence electrons. The summed E-state index contributed by atoms with van der Waals surface area (Å²) in [5.74, 6) is -0.241. The number of halogens is 1. The molecule has 1 aliphatic heterocycles. The zero-order chi connectivity index (χ0) is 19.4. The highest BCUT2D eigenvalue weighted by Crippen LogP contribution is 2.30. The van der Waals surface area contributed by atoms with Crippen LogP contribution in [0.15, 0.2) is 48.5 Å². The average molecular weight is 387 g/mol. The number of hydrogen-bond donors (Lipinski definition) is 0. The minimum atomic E-state index is -0.508. The number of hydrogen-bond acceptors (Lipinski definition) is 5. The first-order chi connectivity index (χ1) is 13.0. The highest BCUT2D eigenvalue weighted by atomic mass is 35.5. The molecule has 0 aromatic heterocycles. The molecule has 1 unspecified atom stereocenters. The van der Waals surface area contributed by atoms with Crippen molar-refractivity contribution in [2.24, 2.45) is 0 Å². The Morgan fingerprint density at radius 2 is 1.63 bits per heavy atom. The van der Waals surface area contributed by atoms with Gasteiger partial charge in [-0.3, -0.25) is 9.69 Å². The van der Waals surface area contributed by atoms with Crippen molar-refractivity contribution in [3.8, 4) is 0 Å². The van der Waals surface area contributed by atoms with Gasteiger partial charge in [-0.25, -0.2) is 4.79 Å². The smallest absolute Gasteiger partial charge is 0.327 e. The normalized spacial score (nSPS) is 16.0. The third-order valence-corrected chi connectivity index (χ3v) is 5.29. The Balaban J connectivity index is 1.73. The molecule has 1 heterocycles. The van der Waals surface area contributed by atoms with Crippen molar-refractivity contribution in [2.45, 2.75) is 13.0 Å². The number of anilines is 1. The number of carbonyl (C=O) groups excluding carboxylic acids is 2. The van der Waals surface area contributed by atoms with Crippen LogP contribution in [0.25, 0.3) is 0 Å². The van der Waals surface area contributed by atoms with Gasteiger partial charge in [0.2, 0.25) is 0 Å². The van der Waals surface area contributed by atoms with Crippen molar-refractivity contribution in [3.63, 3.8) is 0 Å². The quantitative estimate of drug-likeness (QED) is 0.580. The van der Waals surface area contributed by atoms with E-state index in [2.05, 4.69) is 9.80 Å². The van der Waals surface area contributed by atoms with Crippen molar-refractivity contribution in [2.75, 3.05) is 38.2 Å². The van der Waals surface area contributed by atoms with Crippen LogP contribution in [0.5, 0.6) is 0 Å². The third kappa shape index (κ3) is 4.31. The number of benzene rings is 2. The molecular weight excluding hydrogens is 364 g/mol. The Labute approximate surface area is 164 Å². The molecule has 0 saturated carbocycles. The summed E-state index contributed by atoms with van der Waals surface area (Å²) in [6.07, 6.45) is 0. The molecule has 1 atom stereocenters. The Kier molecular flexibility index (Phi) is 6.14. The molecule has 0 bridgehead atoms. The first-order valence-electron chi connectivity index (χ1n) is 8.93. The summed E-state index contributed by atoms with van der Waals surface area (Å²) >= 11 is 6.33. The monoisotopic (exact) mass is 386 g/mol. The summed E-state index contributed by atoms with van der Waals surface area (Å²) in [4.78, 5) is 28.2. The molecule has 5 nitrogen and oxygen atoms in total. The van der Waals surface area contributed by atoms with Crippen molar-refractivity contribution in [1.29, 1.82) is 0 Å². The summed E-state index contributed by atoms with van der Waals surface area (Å²) in [5, 5.41) is 0.565. The van der Waals surface area contributed by atoms with Crippen LogP contribution in [0.2, 0.25) is 5.02 Å². The largest absolute Gasteiger partial charge is 0.468 e. The lowest BCUT2D eigenvalue weighted by molar-refractivity contribution is -0.147. The number of Topliss-reactive ketones (excluding diaryl/α,β-unsaturated/α-hetero) is 1. The van der Waals surface area contributed by atoms with Gasteiger partial charge in [0.15, 0.2) is 5.78 Å². The van der Waals surface area contributed by atoms with Gasteiger partial charge in [0.1, 0.15) is 6.04 Å². The predicted molar refractivity (Wildman–Crippen MR) is 106 cm³/mol. The van der Waals surface area contributed by atoms with Gasteiger partial charge >= 0.3 is 5.97 Å². The van der Waals surface area contributed by atoms with Crippen LogP contribution in [-0.2, 0) is 9.53 Å². The number of nitrogens with zero attached hydrogens (tertiary/aromatic N) is 2. The van der Waals surface area contributed by atoms with Gasteiger partial charge in [-0.15, -0.1) is 0 Å². The average Bonchev–Trinajstić information content (AvgIpc) is 2.70. The Bertz CT molecular complexity index is 814. The number of esters is 1. The molecule has 0 N–H and O–H groups in total. The molecule has 0 radical (unpaired) electrons. The minimum Gasteiger partial charge on any atom is -0.468 e. The number of methoxy groups -OCH3 is 1. The van der Waals surface area contributed by atoms with Gasteiger partial charge < -0.3 is 9.64 Å². The van der Waals surface area contributed by atoms with E-state index in [9.17, 15) is 9.59 Å². The van der Waals surface area contributed by atoms with Crippen LogP contribution < -0.4 is 4.90 Å². The van der Waals surface area contributed by atoms with E-state index >= 15 is 0 Å². The molecule has 1 saturated heterocycles. The molecule has 0 spiro atoms. The molecule has 2 aromatic rings. The number of ether oxygens (including phenoxy) is 1. The molecule has 2 aromatic carbocycles. The molecule has 0 aliphatic carbocycles. The van der Waals surface area contributed by atoms with E-state index in [1.807, 2.05) is 42.5 Å². The van der Waals surface area contributed by atoms with E-state index in [1.54, 1.807) is 13.0 Å². The Morgan fingerprint density at radius 3 is 2.19 bits per heavy atom. The Hall–Kier alpha value is -2.37. The van der Waals surface area contributed by atoms with Crippen LogP contribution in [0.3, 0.4) is 0 Å². The van der Waals surface area contributed by atoms with Crippen molar-refractivity contribution < 1.29 is 14.3 Å². The zero-order valence-corrected chi connectivity index (χ0v) is 16.3. The summed E-state index contributed by atoms with van der Waals surface area (Å²) in [7, 11) is 1.40. The lowest BCUT2D eigenvalue weighted by Gasteiger charge is -2.39. The van der Waals surface area contributed by atoms with E-state index < -0.39 is 6.04 Å².